The van der Waals surface area contributed by atoms with E-state index in [9.17, 15) is 0 Å². The Hall–Kier alpha value is -3.66. The van der Waals surface area contributed by atoms with Crippen LogP contribution < -0.4 is 0 Å². The van der Waals surface area contributed by atoms with Crippen molar-refractivity contribution in [3.05, 3.63) is 54.9 Å². The molecule has 5 aromatic heterocycles. The molecule has 0 aliphatic rings. The lowest BCUT2D eigenvalue weighted by Gasteiger charge is -2.03. The monoisotopic (exact) mass is 361 g/mol. The van der Waals surface area contributed by atoms with Crippen molar-refractivity contribution in [2.75, 3.05) is 6.61 Å². The van der Waals surface area contributed by atoms with E-state index in [-0.39, 0.29) is 6.61 Å². The molecule has 0 unspecified atom stereocenters. The van der Waals surface area contributed by atoms with Crippen molar-refractivity contribution in [3.63, 3.8) is 0 Å². The molecule has 27 heavy (non-hydrogen) atoms. The zero-order valence-electron chi connectivity index (χ0n) is 14.2. The van der Waals surface area contributed by atoms with Crippen molar-refractivity contribution in [1.82, 2.24) is 44.1 Å². The lowest BCUT2D eigenvalue weighted by molar-refractivity contribution is 0.269. The summed E-state index contributed by atoms with van der Waals surface area (Å²) in [7, 11) is 0. The van der Waals surface area contributed by atoms with Crippen molar-refractivity contribution >= 4 is 16.9 Å². The summed E-state index contributed by atoms with van der Waals surface area (Å²) in [5.41, 5.74) is 4.51. The number of fused-ring (bicyclic) bond motifs is 2. The highest BCUT2D eigenvalue weighted by atomic mass is 16.3. The van der Waals surface area contributed by atoms with E-state index in [1.165, 1.54) is 0 Å². The van der Waals surface area contributed by atoms with Crippen LogP contribution in [0.15, 0.2) is 49.3 Å². The Morgan fingerprint density at radius 3 is 3.00 bits per heavy atom. The van der Waals surface area contributed by atoms with Gasteiger partial charge >= 0.3 is 0 Å². The second-order valence-corrected chi connectivity index (χ2v) is 6.09. The van der Waals surface area contributed by atoms with Gasteiger partial charge in [-0.25, -0.2) is 19.6 Å². The largest absolute Gasteiger partial charge is 0.394 e. The number of rotatable bonds is 5. The van der Waals surface area contributed by atoms with Gasteiger partial charge in [-0.15, -0.1) is 5.10 Å². The van der Waals surface area contributed by atoms with E-state index in [1.54, 1.807) is 28.0 Å². The van der Waals surface area contributed by atoms with E-state index in [1.807, 2.05) is 35.1 Å². The topological polar surface area (TPSA) is 112 Å². The number of nitrogens with zero attached hydrogens (tertiary/aromatic N) is 9. The van der Waals surface area contributed by atoms with Gasteiger partial charge in [-0.3, -0.25) is 4.68 Å². The number of aliphatic hydroxyl groups excluding tert-OH is 1. The normalized spacial score (nSPS) is 11.6. The van der Waals surface area contributed by atoms with E-state index >= 15 is 0 Å². The fourth-order valence-corrected chi connectivity index (χ4v) is 2.95. The predicted octanol–water partition coefficient (Wildman–Crippen LogP) is 0.773. The molecule has 5 rings (SSSR count). The first kappa shape index (κ1) is 15.6. The fourth-order valence-electron chi connectivity index (χ4n) is 2.95. The number of imidazole rings is 1. The minimum Gasteiger partial charge on any atom is -0.394 e. The number of hydrogen-bond acceptors (Lipinski definition) is 7. The summed E-state index contributed by atoms with van der Waals surface area (Å²) < 4.78 is 5.33. The molecular formula is C17H15N9O. The van der Waals surface area contributed by atoms with Crippen LogP contribution >= 0.6 is 0 Å². The minimum absolute atomic E-state index is 0.0311. The van der Waals surface area contributed by atoms with Gasteiger partial charge in [0.05, 0.1) is 37.8 Å². The van der Waals surface area contributed by atoms with Crippen LogP contribution in [0, 0.1) is 0 Å². The van der Waals surface area contributed by atoms with Gasteiger partial charge in [0.25, 0.3) is 0 Å². The molecule has 1 N–H and O–H groups in total. The second-order valence-electron chi connectivity index (χ2n) is 6.09. The summed E-state index contributed by atoms with van der Waals surface area (Å²) >= 11 is 0. The predicted molar refractivity (Wildman–Crippen MR) is 95.7 cm³/mol. The van der Waals surface area contributed by atoms with Gasteiger partial charge in [-0.05, 0) is 17.7 Å². The SMILES string of the molecule is OCCn1cc(-c2cnc3nnn(Cc4ccn5ccnc5c4)c3n2)cn1. The first-order chi connectivity index (χ1) is 13.3. The van der Waals surface area contributed by atoms with E-state index in [0.29, 0.717) is 30.1 Å². The summed E-state index contributed by atoms with van der Waals surface area (Å²) in [5.74, 6) is 0. The van der Waals surface area contributed by atoms with Crippen molar-refractivity contribution in [2.45, 2.75) is 13.1 Å². The zero-order chi connectivity index (χ0) is 18.2. The third-order valence-electron chi connectivity index (χ3n) is 4.28. The third kappa shape index (κ3) is 2.81. The van der Waals surface area contributed by atoms with Crippen molar-refractivity contribution < 1.29 is 5.11 Å². The van der Waals surface area contributed by atoms with Gasteiger partial charge in [0, 0.05) is 30.4 Å². The van der Waals surface area contributed by atoms with Crippen LogP contribution in [0.4, 0.5) is 0 Å². The third-order valence-corrected chi connectivity index (χ3v) is 4.28. The smallest absolute Gasteiger partial charge is 0.221 e. The molecule has 134 valence electrons. The van der Waals surface area contributed by atoms with Gasteiger partial charge < -0.3 is 9.51 Å². The van der Waals surface area contributed by atoms with Gasteiger partial charge in [-0.1, -0.05) is 5.21 Å². The average Bonchev–Trinajstić information content (AvgIpc) is 3.41. The Bertz CT molecular complexity index is 1240. The summed E-state index contributed by atoms with van der Waals surface area (Å²) in [5, 5.41) is 21.5. The Morgan fingerprint density at radius 1 is 1.11 bits per heavy atom. The lowest BCUT2D eigenvalue weighted by Crippen LogP contribution is -2.04. The van der Waals surface area contributed by atoms with Crippen LogP contribution in [0.25, 0.3) is 28.2 Å². The van der Waals surface area contributed by atoms with E-state index in [2.05, 4.69) is 30.4 Å². The maximum absolute atomic E-state index is 9.03. The quantitative estimate of drug-likeness (QED) is 0.492. The Kier molecular flexibility index (Phi) is 3.61. The number of pyridine rings is 1. The van der Waals surface area contributed by atoms with Crippen LogP contribution in [0.5, 0.6) is 0 Å². The summed E-state index contributed by atoms with van der Waals surface area (Å²) in [6.45, 7) is 0.983. The molecule has 0 aliphatic carbocycles. The summed E-state index contributed by atoms with van der Waals surface area (Å²) in [4.78, 5) is 13.3. The van der Waals surface area contributed by atoms with Crippen molar-refractivity contribution in [3.8, 4) is 11.3 Å². The molecule has 5 aromatic rings. The molecule has 0 spiro atoms. The molecule has 0 atom stereocenters. The van der Waals surface area contributed by atoms with E-state index < -0.39 is 0 Å². The molecule has 0 aromatic carbocycles. The first-order valence-corrected chi connectivity index (χ1v) is 8.42. The molecule has 0 saturated heterocycles. The van der Waals surface area contributed by atoms with Gasteiger partial charge in [-0.2, -0.15) is 5.10 Å². The molecule has 0 saturated carbocycles. The molecular weight excluding hydrogens is 346 g/mol. The van der Waals surface area contributed by atoms with Crippen molar-refractivity contribution in [2.24, 2.45) is 0 Å². The molecule has 10 nitrogen and oxygen atoms in total. The van der Waals surface area contributed by atoms with Crippen LogP contribution in [-0.2, 0) is 13.1 Å². The molecule has 0 aliphatic heterocycles. The maximum atomic E-state index is 9.03. The Balaban J connectivity index is 1.50. The molecule has 0 bridgehead atoms. The fraction of sp³-hybridized carbons (Fsp3) is 0.176. The zero-order valence-corrected chi connectivity index (χ0v) is 14.2. The minimum atomic E-state index is 0.0311. The molecule has 0 fully saturated rings. The molecule has 5 heterocycles. The highest BCUT2D eigenvalue weighted by Crippen LogP contribution is 2.18. The van der Waals surface area contributed by atoms with Crippen molar-refractivity contribution in [1.29, 1.82) is 0 Å². The molecule has 0 radical (unpaired) electrons. The first-order valence-electron chi connectivity index (χ1n) is 8.42. The van der Waals surface area contributed by atoms with Gasteiger partial charge in [0.15, 0.2) is 5.65 Å². The molecule has 0 amide bonds. The number of hydrogen-bond donors (Lipinski definition) is 1. The summed E-state index contributed by atoms with van der Waals surface area (Å²) in [6, 6.07) is 4.02. The average molecular weight is 361 g/mol. The van der Waals surface area contributed by atoms with E-state index in [0.717, 1.165) is 16.8 Å². The van der Waals surface area contributed by atoms with Crippen LogP contribution in [0.1, 0.15) is 5.56 Å². The van der Waals surface area contributed by atoms with Crippen LogP contribution in [0.2, 0.25) is 0 Å². The highest BCUT2D eigenvalue weighted by molar-refractivity contribution is 5.69. The van der Waals surface area contributed by atoms with Crippen LogP contribution in [0.3, 0.4) is 0 Å². The number of aromatic nitrogens is 9. The molecule has 10 heteroatoms. The Morgan fingerprint density at radius 2 is 2.07 bits per heavy atom. The Labute approximate surface area is 152 Å². The number of aliphatic hydroxyl groups is 1. The maximum Gasteiger partial charge on any atom is 0.221 e. The highest BCUT2D eigenvalue weighted by Gasteiger charge is 2.12. The second kappa shape index (κ2) is 6.25. The lowest BCUT2D eigenvalue weighted by atomic mass is 10.2. The standard InChI is InChI=1S/C17H15N9O/c27-6-5-25-11-13(8-20-25)14-9-19-16-17(21-14)26(23-22-16)10-12-1-3-24-4-2-18-15(24)7-12/h1-4,7-9,11,27H,5-6,10H2. The summed E-state index contributed by atoms with van der Waals surface area (Å²) in [6.07, 6.45) is 10.8. The van der Waals surface area contributed by atoms with Gasteiger partial charge in [0.2, 0.25) is 5.65 Å². The van der Waals surface area contributed by atoms with E-state index in [4.69, 9.17) is 5.11 Å². The van der Waals surface area contributed by atoms with Gasteiger partial charge in [0.1, 0.15) is 5.65 Å². The van der Waals surface area contributed by atoms with Crippen LogP contribution in [-0.4, -0.2) is 55.8 Å².